The molecule has 0 aliphatic heterocycles. The van der Waals surface area contributed by atoms with Crippen LogP contribution >= 0.6 is 0 Å². The molecule has 4 heteroatoms. The second-order valence-corrected chi connectivity index (χ2v) is 9.50. The van der Waals surface area contributed by atoms with Crippen molar-refractivity contribution >= 4 is 38.2 Å². The van der Waals surface area contributed by atoms with Crippen molar-refractivity contribution in [2.75, 3.05) is 0 Å². The molecule has 0 unspecified atom stereocenters. The second-order valence-electron chi connectivity index (χ2n) is 9.50. The lowest BCUT2D eigenvalue weighted by Gasteiger charge is -2.13. The molecule has 4 heterocycles. The van der Waals surface area contributed by atoms with Crippen LogP contribution in [0.15, 0.2) is 134 Å². The van der Waals surface area contributed by atoms with Crippen LogP contribution in [0.5, 0.6) is 0 Å². The molecule has 0 radical (unpaired) electrons. The van der Waals surface area contributed by atoms with Gasteiger partial charge < -0.3 is 4.40 Å². The molecule has 4 aromatic heterocycles. The zero-order chi connectivity index (χ0) is 25.1. The summed E-state index contributed by atoms with van der Waals surface area (Å²) in [7, 11) is 0. The Labute approximate surface area is 219 Å². The normalized spacial score (nSPS) is 11.7. The van der Waals surface area contributed by atoms with Crippen LogP contribution in [0.1, 0.15) is 0 Å². The largest absolute Gasteiger partial charge is 0.314 e. The van der Waals surface area contributed by atoms with Crippen molar-refractivity contribution in [2.45, 2.75) is 0 Å². The standard InChI is InChI=1S/C34H22N4/c1-3-13-23(14-4-1)31-25-17-7-9-19-27(25)35-34(36-31)38-28-20-10-8-18-26(28)30-29-21-11-12-22-37(29)32(33(30)38)24-15-5-2-6-16-24/h1-22H. The number of para-hydroxylation sites is 2. The molecule has 0 fully saturated rings. The Morgan fingerprint density at radius 1 is 0.500 bits per heavy atom. The quantitative estimate of drug-likeness (QED) is 0.252. The molecule has 0 saturated heterocycles. The van der Waals surface area contributed by atoms with E-state index in [1.54, 1.807) is 0 Å². The highest BCUT2D eigenvalue weighted by Crippen LogP contribution is 2.42. The molecule has 4 nitrogen and oxygen atoms in total. The molecular weight excluding hydrogens is 464 g/mol. The third kappa shape index (κ3) is 2.98. The van der Waals surface area contributed by atoms with Crippen LogP contribution in [0.3, 0.4) is 0 Å². The molecule has 8 aromatic rings. The highest BCUT2D eigenvalue weighted by Gasteiger charge is 2.24. The van der Waals surface area contributed by atoms with Gasteiger partial charge in [-0.05, 0) is 24.3 Å². The maximum absolute atomic E-state index is 5.26. The topological polar surface area (TPSA) is 35.1 Å². The van der Waals surface area contributed by atoms with Gasteiger partial charge in [-0.1, -0.05) is 103 Å². The van der Waals surface area contributed by atoms with E-state index in [4.69, 9.17) is 9.97 Å². The fraction of sp³-hybridized carbons (Fsp3) is 0. The van der Waals surface area contributed by atoms with Gasteiger partial charge in [-0.25, -0.2) is 9.97 Å². The highest BCUT2D eigenvalue weighted by atomic mass is 15.2. The zero-order valence-electron chi connectivity index (χ0n) is 20.5. The summed E-state index contributed by atoms with van der Waals surface area (Å²) in [4.78, 5) is 10.4. The molecule has 0 spiro atoms. The Kier molecular flexibility index (Phi) is 4.49. The molecule has 0 bridgehead atoms. The number of hydrogen-bond acceptors (Lipinski definition) is 2. The number of pyridine rings is 1. The smallest absolute Gasteiger partial charge is 0.235 e. The van der Waals surface area contributed by atoms with E-state index >= 15 is 0 Å². The van der Waals surface area contributed by atoms with Crippen LogP contribution in [0.4, 0.5) is 0 Å². The SMILES string of the molecule is c1ccc(-c2nc(-n3c4ccccc4c4c3c(-c3ccccc3)n3ccccc43)nc3ccccc23)cc1. The summed E-state index contributed by atoms with van der Waals surface area (Å²) in [6.07, 6.45) is 2.15. The van der Waals surface area contributed by atoms with E-state index in [1.807, 2.05) is 12.1 Å². The minimum Gasteiger partial charge on any atom is -0.314 e. The van der Waals surface area contributed by atoms with E-state index in [2.05, 4.69) is 130 Å². The first-order valence-corrected chi connectivity index (χ1v) is 12.8. The van der Waals surface area contributed by atoms with Crippen LogP contribution < -0.4 is 0 Å². The molecule has 38 heavy (non-hydrogen) atoms. The van der Waals surface area contributed by atoms with Gasteiger partial charge in [0.15, 0.2) is 0 Å². The summed E-state index contributed by atoms with van der Waals surface area (Å²) >= 11 is 0. The van der Waals surface area contributed by atoms with E-state index in [0.717, 1.165) is 44.5 Å². The molecule has 0 saturated carbocycles. The maximum Gasteiger partial charge on any atom is 0.235 e. The third-order valence-corrected chi connectivity index (χ3v) is 7.34. The Balaban J connectivity index is 1.58. The minimum absolute atomic E-state index is 0.668. The van der Waals surface area contributed by atoms with Crippen molar-refractivity contribution in [1.29, 1.82) is 0 Å². The lowest BCUT2D eigenvalue weighted by Crippen LogP contribution is -2.04. The van der Waals surface area contributed by atoms with Crippen molar-refractivity contribution in [1.82, 2.24) is 18.9 Å². The minimum atomic E-state index is 0.668. The fourth-order valence-corrected chi connectivity index (χ4v) is 5.74. The van der Waals surface area contributed by atoms with Crippen LogP contribution in [0, 0.1) is 0 Å². The van der Waals surface area contributed by atoms with Gasteiger partial charge in [0.2, 0.25) is 5.95 Å². The predicted octanol–water partition coefficient (Wildman–Crippen LogP) is 8.31. The van der Waals surface area contributed by atoms with Gasteiger partial charge in [-0.2, -0.15) is 0 Å². The average molecular weight is 487 g/mol. The first kappa shape index (κ1) is 20.9. The van der Waals surface area contributed by atoms with Gasteiger partial charge in [-0.3, -0.25) is 4.57 Å². The van der Waals surface area contributed by atoms with Crippen LogP contribution in [-0.4, -0.2) is 18.9 Å². The number of hydrogen-bond donors (Lipinski definition) is 0. The van der Waals surface area contributed by atoms with Gasteiger partial charge in [0.05, 0.1) is 33.5 Å². The van der Waals surface area contributed by atoms with Gasteiger partial charge in [-0.15, -0.1) is 0 Å². The van der Waals surface area contributed by atoms with E-state index < -0.39 is 0 Å². The molecule has 0 atom stereocenters. The summed E-state index contributed by atoms with van der Waals surface area (Å²) in [6, 6.07) is 44.2. The van der Waals surface area contributed by atoms with E-state index in [-0.39, 0.29) is 0 Å². The Bertz CT molecular complexity index is 2120. The summed E-state index contributed by atoms with van der Waals surface area (Å²) in [6.45, 7) is 0. The molecule has 0 aliphatic rings. The van der Waals surface area contributed by atoms with Crippen LogP contribution in [-0.2, 0) is 0 Å². The first-order chi connectivity index (χ1) is 18.9. The molecule has 4 aromatic carbocycles. The van der Waals surface area contributed by atoms with Gasteiger partial charge in [0, 0.05) is 33.5 Å². The van der Waals surface area contributed by atoms with Gasteiger partial charge in [0.1, 0.15) is 0 Å². The molecule has 8 rings (SSSR count). The van der Waals surface area contributed by atoms with Crippen molar-refractivity contribution in [2.24, 2.45) is 0 Å². The summed E-state index contributed by atoms with van der Waals surface area (Å²) in [5.74, 6) is 0.668. The van der Waals surface area contributed by atoms with E-state index in [1.165, 1.54) is 16.3 Å². The predicted molar refractivity (Wildman–Crippen MR) is 156 cm³/mol. The summed E-state index contributed by atoms with van der Waals surface area (Å²) < 4.78 is 4.54. The molecule has 0 amide bonds. The number of benzene rings is 4. The Morgan fingerprint density at radius 2 is 1.13 bits per heavy atom. The number of fused-ring (bicyclic) bond motifs is 6. The van der Waals surface area contributed by atoms with Crippen molar-refractivity contribution in [3.8, 4) is 28.5 Å². The van der Waals surface area contributed by atoms with E-state index in [0.29, 0.717) is 5.95 Å². The summed E-state index contributed by atoms with van der Waals surface area (Å²) in [5.41, 5.74) is 8.58. The van der Waals surface area contributed by atoms with Crippen molar-refractivity contribution < 1.29 is 0 Å². The molecular formula is C34H22N4. The second kappa shape index (κ2) is 8.15. The average Bonchev–Trinajstić information content (AvgIpc) is 3.50. The van der Waals surface area contributed by atoms with Crippen molar-refractivity contribution in [3.63, 3.8) is 0 Å². The Morgan fingerprint density at radius 3 is 1.95 bits per heavy atom. The van der Waals surface area contributed by atoms with Gasteiger partial charge >= 0.3 is 0 Å². The highest BCUT2D eigenvalue weighted by molar-refractivity contribution is 6.21. The lowest BCUT2D eigenvalue weighted by atomic mass is 10.1. The third-order valence-electron chi connectivity index (χ3n) is 7.34. The van der Waals surface area contributed by atoms with Gasteiger partial charge in [0.25, 0.3) is 0 Å². The van der Waals surface area contributed by atoms with Crippen LogP contribution in [0.25, 0.3) is 66.7 Å². The first-order valence-electron chi connectivity index (χ1n) is 12.8. The zero-order valence-corrected chi connectivity index (χ0v) is 20.5. The number of nitrogens with zero attached hydrogens (tertiary/aromatic N) is 4. The lowest BCUT2D eigenvalue weighted by molar-refractivity contribution is 1.01. The van der Waals surface area contributed by atoms with E-state index in [9.17, 15) is 0 Å². The van der Waals surface area contributed by atoms with Crippen molar-refractivity contribution in [3.05, 3.63) is 134 Å². The monoisotopic (exact) mass is 486 g/mol. The number of aromatic nitrogens is 4. The number of rotatable bonds is 3. The fourth-order valence-electron chi connectivity index (χ4n) is 5.74. The molecule has 0 N–H and O–H groups in total. The Hall–Kier alpha value is -5.22. The van der Waals surface area contributed by atoms with Crippen LogP contribution in [0.2, 0.25) is 0 Å². The maximum atomic E-state index is 5.26. The molecule has 0 aliphatic carbocycles. The summed E-state index contributed by atoms with van der Waals surface area (Å²) in [5, 5.41) is 3.44. The molecule has 178 valence electrons.